The van der Waals surface area contributed by atoms with Gasteiger partial charge in [-0.05, 0) is 83.6 Å². The van der Waals surface area contributed by atoms with Crippen molar-refractivity contribution in [1.29, 1.82) is 0 Å². The number of carbonyl (C=O) groups is 1. The number of ether oxygens (including phenoxy) is 2. The third kappa shape index (κ3) is 8.45. The Morgan fingerprint density at radius 2 is 1.82 bits per heavy atom. The molecule has 0 saturated carbocycles. The summed E-state index contributed by atoms with van der Waals surface area (Å²) in [4.78, 5) is 22.2. The lowest BCUT2D eigenvalue weighted by Gasteiger charge is -2.36. The molecule has 11 heteroatoms. The summed E-state index contributed by atoms with van der Waals surface area (Å²) >= 11 is 0. The van der Waals surface area contributed by atoms with E-state index in [0.717, 1.165) is 31.4 Å². The second-order valence-corrected chi connectivity index (χ2v) is 13.0. The summed E-state index contributed by atoms with van der Waals surface area (Å²) < 4.78 is 53.6. The molecule has 1 amide bonds. The highest BCUT2D eigenvalue weighted by atomic mass is 32.2. The molecular weight excluding hydrogens is 535 g/mol. The number of nitrogens with zero attached hydrogens (tertiary/aromatic N) is 4. The lowest BCUT2D eigenvalue weighted by atomic mass is 10.0. The van der Waals surface area contributed by atoms with Crippen molar-refractivity contribution in [3.63, 3.8) is 0 Å². The standard InChI is InChI=1S/C29H43FN4O5S/c1-21-18-34(22(2)19-32(4)5)29(35)26-11-9-16-31-28(26)39-23(3)10-7-8-17-38-27(21)20-33(6)40(36,37)25-14-12-24(30)13-15-25/h9,11-16,21-23,27H,7-8,10,17-20H2,1-6H3/t21-,22+,23-,27+/m1/s1. The van der Waals surface area contributed by atoms with Gasteiger partial charge in [-0.25, -0.2) is 17.8 Å². The van der Waals surface area contributed by atoms with Gasteiger partial charge in [-0.1, -0.05) is 6.92 Å². The first-order valence-electron chi connectivity index (χ1n) is 13.8. The van der Waals surface area contributed by atoms with Gasteiger partial charge in [0.1, 0.15) is 11.4 Å². The van der Waals surface area contributed by atoms with Gasteiger partial charge in [-0.2, -0.15) is 4.31 Å². The fourth-order valence-electron chi connectivity index (χ4n) is 4.87. The number of amides is 1. The van der Waals surface area contributed by atoms with Crippen molar-refractivity contribution in [2.45, 2.75) is 63.2 Å². The van der Waals surface area contributed by atoms with Crippen LogP contribution in [0, 0.1) is 11.7 Å². The van der Waals surface area contributed by atoms with Crippen molar-refractivity contribution in [2.24, 2.45) is 5.92 Å². The Hall–Kier alpha value is -2.60. The minimum absolute atomic E-state index is 0.0134. The Morgan fingerprint density at radius 3 is 2.50 bits per heavy atom. The third-order valence-corrected chi connectivity index (χ3v) is 8.99. The van der Waals surface area contributed by atoms with E-state index in [4.69, 9.17) is 9.47 Å². The number of likely N-dealkylation sites (N-methyl/N-ethyl adjacent to an activating group) is 2. The Bertz CT molecular complexity index is 1210. The van der Waals surface area contributed by atoms with Crippen LogP contribution in [0.2, 0.25) is 0 Å². The normalized spacial score (nSPS) is 22.5. The molecule has 4 atom stereocenters. The van der Waals surface area contributed by atoms with Gasteiger partial charge >= 0.3 is 0 Å². The molecule has 1 aliphatic heterocycles. The Labute approximate surface area is 238 Å². The summed E-state index contributed by atoms with van der Waals surface area (Å²) in [6.45, 7) is 7.43. The second-order valence-electron chi connectivity index (χ2n) is 11.0. The highest BCUT2D eigenvalue weighted by Gasteiger charge is 2.32. The largest absolute Gasteiger partial charge is 0.474 e. The first-order valence-corrected chi connectivity index (χ1v) is 15.2. The molecule has 2 aromatic rings. The maximum atomic E-state index is 14.0. The van der Waals surface area contributed by atoms with E-state index < -0.39 is 21.9 Å². The number of aromatic nitrogens is 1. The van der Waals surface area contributed by atoms with Gasteiger partial charge in [0.25, 0.3) is 5.91 Å². The van der Waals surface area contributed by atoms with Gasteiger partial charge in [-0.15, -0.1) is 0 Å². The van der Waals surface area contributed by atoms with Crippen LogP contribution in [0.4, 0.5) is 4.39 Å². The summed E-state index contributed by atoms with van der Waals surface area (Å²) in [5, 5.41) is 0. The SMILES string of the molecule is C[C@@H]1CCCCO[C@@H](CN(C)S(=O)(=O)c2ccc(F)cc2)[C@H](C)CN([C@@H](C)CN(C)C)C(=O)c2cccnc2O1. The van der Waals surface area contributed by atoms with Crippen LogP contribution in [-0.4, -0.2) is 99.0 Å². The monoisotopic (exact) mass is 578 g/mol. The summed E-state index contributed by atoms with van der Waals surface area (Å²) in [7, 11) is 1.54. The number of pyridine rings is 1. The Balaban J connectivity index is 1.93. The Kier molecular flexibility index (Phi) is 11.4. The summed E-state index contributed by atoms with van der Waals surface area (Å²) in [5.74, 6) is -0.579. The predicted octanol–water partition coefficient (Wildman–Crippen LogP) is 3.91. The van der Waals surface area contributed by atoms with Crippen molar-refractivity contribution in [2.75, 3.05) is 47.4 Å². The maximum Gasteiger partial charge on any atom is 0.259 e. The minimum atomic E-state index is -3.87. The van der Waals surface area contributed by atoms with Gasteiger partial charge in [0.15, 0.2) is 0 Å². The smallest absolute Gasteiger partial charge is 0.259 e. The van der Waals surface area contributed by atoms with Gasteiger partial charge in [0.2, 0.25) is 15.9 Å². The van der Waals surface area contributed by atoms with Crippen LogP contribution in [0.25, 0.3) is 0 Å². The zero-order valence-electron chi connectivity index (χ0n) is 24.4. The topological polar surface area (TPSA) is 92.3 Å². The molecule has 1 aliphatic rings. The predicted molar refractivity (Wildman–Crippen MR) is 152 cm³/mol. The zero-order chi connectivity index (χ0) is 29.4. The number of carbonyl (C=O) groups excluding carboxylic acids is 1. The highest BCUT2D eigenvalue weighted by Crippen LogP contribution is 2.25. The minimum Gasteiger partial charge on any atom is -0.474 e. The van der Waals surface area contributed by atoms with Crippen LogP contribution < -0.4 is 4.74 Å². The first kappa shape index (κ1) is 31.9. The summed E-state index contributed by atoms with van der Waals surface area (Å²) in [6.07, 6.45) is 3.38. The Morgan fingerprint density at radius 1 is 1.12 bits per heavy atom. The van der Waals surface area contributed by atoms with E-state index in [1.807, 2.05) is 39.8 Å². The van der Waals surface area contributed by atoms with Crippen molar-refractivity contribution in [1.82, 2.24) is 19.1 Å². The maximum absolute atomic E-state index is 14.0. The fourth-order valence-corrected chi connectivity index (χ4v) is 6.06. The summed E-state index contributed by atoms with van der Waals surface area (Å²) in [5.41, 5.74) is 0.401. The quantitative estimate of drug-likeness (QED) is 0.492. The average molecular weight is 579 g/mol. The molecule has 40 heavy (non-hydrogen) atoms. The molecule has 1 aromatic carbocycles. The average Bonchev–Trinajstić information content (AvgIpc) is 2.89. The molecule has 0 radical (unpaired) electrons. The molecule has 0 fully saturated rings. The van der Waals surface area contributed by atoms with Crippen molar-refractivity contribution in [3.05, 3.63) is 54.0 Å². The van der Waals surface area contributed by atoms with Crippen LogP contribution in [0.1, 0.15) is 50.4 Å². The molecule has 222 valence electrons. The van der Waals surface area contributed by atoms with E-state index in [1.165, 1.54) is 23.5 Å². The number of sulfonamides is 1. The van der Waals surface area contributed by atoms with E-state index in [1.54, 1.807) is 23.2 Å². The molecule has 2 heterocycles. The molecule has 0 bridgehead atoms. The van der Waals surface area contributed by atoms with E-state index in [2.05, 4.69) is 4.98 Å². The van der Waals surface area contributed by atoms with Crippen LogP contribution in [0.3, 0.4) is 0 Å². The zero-order valence-corrected chi connectivity index (χ0v) is 25.2. The molecule has 3 rings (SSSR count). The molecule has 0 N–H and O–H groups in total. The number of halogens is 1. The van der Waals surface area contributed by atoms with Crippen LogP contribution in [0.5, 0.6) is 5.88 Å². The lowest BCUT2D eigenvalue weighted by Crippen LogP contribution is -2.49. The molecule has 0 spiro atoms. The molecule has 0 saturated heterocycles. The van der Waals surface area contributed by atoms with Gasteiger partial charge in [-0.3, -0.25) is 4.79 Å². The first-order chi connectivity index (χ1) is 18.9. The van der Waals surface area contributed by atoms with E-state index in [9.17, 15) is 17.6 Å². The number of rotatable bonds is 7. The van der Waals surface area contributed by atoms with Crippen molar-refractivity contribution in [3.8, 4) is 5.88 Å². The highest BCUT2D eigenvalue weighted by molar-refractivity contribution is 7.89. The van der Waals surface area contributed by atoms with E-state index in [0.29, 0.717) is 31.1 Å². The van der Waals surface area contributed by atoms with Crippen molar-refractivity contribution >= 4 is 15.9 Å². The summed E-state index contributed by atoms with van der Waals surface area (Å²) in [6, 6.07) is 8.11. The van der Waals surface area contributed by atoms with Crippen LogP contribution in [0.15, 0.2) is 47.5 Å². The number of hydrogen-bond donors (Lipinski definition) is 0. The van der Waals surface area contributed by atoms with Crippen LogP contribution in [-0.2, 0) is 14.8 Å². The molecule has 1 aromatic heterocycles. The van der Waals surface area contributed by atoms with Crippen LogP contribution >= 0.6 is 0 Å². The van der Waals surface area contributed by atoms with Gasteiger partial charge in [0, 0.05) is 51.4 Å². The van der Waals surface area contributed by atoms with E-state index in [-0.39, 0.29) is 35.4 Å². The van der Waals surface area contributed by atoms with Gasteiger partial charge < -0.3 is 19.3 Å². The number of fused-ring (bicyclic) bond motifs is 1. The number of hydrogen-bond acceptors (Lipinski definition) is 7. The molecule has 9 nitrogen and oxygen atoms in total. The second kappa shape index (κ2) is 14.3. The molecule has 0 aliphatic carbocycles. The van der Waals surface area contributed by atoms with Crippen molar-refractivity contribution < 1.29 is 27.1 Å². The van der Waals surface area contributed by atoms with Gasteiger partial charge in [0.05, 0.1) is 17.1 Å². The lowest BCUT2D eigenvalue weighted by molar-refractivity contribution is -0.00692. The third-order valence-electron chi connectivity index (χ3n) is 7.15. The fraction of sp³-hybridized carbons (Fsp3) is 0.586. The number of benzene rings is 1. The molecule has 0 unspecified atom stereocenters. The molecular formula is C29H43FN4O5S. The van der Waals surface area contributed by atoms with E-state index >= 15 is 0 Å².